The van der Waals surface area contributed by atoms with E-state index in [0.717, 1.165) is 45.6 Å². The van der Waals surface area contributed by atoms with Crippen LogP contribution in [-0.4, -0.2) is 34.8 Å². The molecule has 0 saturated carbocycles. The second kappa shape index (κ2) is 11.7. The molecule has 2 aromatic carbocycles. The number of fused-ring (bicyclic) bond motifs is 1. The molecule has 0 radical (unpaired) electrons. The van der Waals surface area contributed by atoms with Crippen molar-refractivity contribution in [3.8, 4) is 0 Å². The van der Waals surface area contributed by atoms with Crippen LogP contribution < -0.4 is 10.6 Å². The highest BCUT2D eigenvalue weighted by atomic mass is 16.5. The number of methoxy groups -OCH3 is 1. The van der Waals surface area contributed by atoms with E-state index in [2.05, 4.69) is 91.3 Å². The molecular formula is C31H35N5O2. The highest BCUT2D eigenvalue weighted by Gasteiger charge is 2.20. The molecule has 3 heterocycles. The molecule has 4 aromatic rings. The number of hydrogen-bond acceptors (Lipinski definition) is 4. The van der Waals surface area contributed by atoms with Crippen molar-refractivity contribution in [2.75, 3.05) is 17.7 Å². The largest absolute Gasteiger partial charge is 0.494 e. The van der Waals surface area contributed by atoms with Crippen LogP contribution >= 0.6 is 0 Å². The van der Waals surface area contributed by atoms with Gasteiger partial charge in [0.25, 0.3) is 0 Å². The molecule has 2 aromatic heterocycles. The van der Waals surface area contributed by atoms with Crippen molar-refractivity contribution in [2.45, 2.75) is 33.7 Å². The van der Waals surface area contributed by atoms with E-state index in [4.69, 9.17) is 9.73 Å². The van der Waals surface area contributed by atoms with Gasteiger partial charge in [-0.05, 0) is 81.8 Å². The fourth-order valence-electron chi connectivity index (χ4n) is 4.45. The summed E-state index contributed by atoms with van der Waals surface area (Å²) in [6.45, 7) is 8.31. The standard InChI is InChI=1S/C21H21N3O.C10H14N2O/c1-13-9-14(2)22-16(13)11-18-21(25-4)12-17(23-18)20-10-15-7-5-6-8-19(15)24(20)3;1-8(2)12-10-5-3-9(4-6-10)11-7-13/h5-12,22H,1-4H3;3-8,12H,1-2H3,(H,11,13)/b18-11-;. The van der Waals surface area contributed by atoms with Crippen molar-refractivity contribution >= 4 is 40.5 Å². The Hall–Kier alpha value is -4.52. The molecule has 7 nitrogen and oxygen atoms in total. The number of H-pyrrole nitrogens is 1. The summed E-state index contributed by atoms with van der Waals surface area (Å²) in [4.78, 5) is 18.3. The summed E-state index contributed by atoms with van der Waals surface area (Å²) < 4.78 is 7.73. The van der Waals surface area contributed by atoms with E-state index in [9.17, 15) is 4.79 Å². The maximum Gasteiger partial charge on any atom is 0.211 e. The van der Waals surface area contributed by atoms with E-state index in [-0.39, 0.29) is 0 Å². The second-order valence-corrected chi connectivity index (χ2v) is 9.57. The Morgan fingerprint density at radius 1 is 1.03 bits per heavy atom. The number of aliphatic imine (C=N–C) groups is 1. The molecule has 196 valence electrons. The van der Waals surface area contributed by atoms with Crippen molar-refractivity contribution in [3.63, 3.8) is 0 Å². The van der Waals surface area contributed by atoms with Gasteiger partial charge in [0.2, 0.25) is 6.41 Å². The number of carbonyl (C=O) groups excluding carboxylic acids is 1. The lowest BCUT2D eigenvalue weighted by molar-refractivity contribution is -0.105. The Labute approximate surface area is 223 Å². The lowest BCUT2D eigenvalue weighted by Gasteiger charge is -2.09. The van der Waals surface area contributed by atoms with Gasteiger partial charge in [0, 0.05) is 52.8 Å². The zero-order chi connectivity index (χ0) is 27.2. The third-order valence-electron chi connectivity index (χ3n) is 6.23. The Kier molecular flexibility index (Phi) is 8.16. The number of nitrogens with one attached hydrogen (secondary N) is 3. The summed E-state index contributed by atoms with van der Waals surface area (Å²) in [5.74, 6) is 0.784. The maximum absolute atomic E-state index is 10.1. The predicted molar refractivity (Wildman–Crippen MR) is 158 cm³/mol. The lowest BCUT2D eigenvalue weighted by atomic mass is 10.2. The normalized spacial score (nSPS) is 13.7. The molecule has 7 heteroatoms. The number of allylic oxidation sites excluding steroid dienone is 1. The first-order valence-corrected chi connectivity index (χ1v) is 12.6. The second-order valence-electron chi connectivity index (χ2n) is 9.57. The van der Waals surface area contributed by atoms with Crippen molar-refractivity contribution in [1.29, 1.82) is 0 Å². The van der Waals surface area contributed by atoms with E-state index < -0.39 is 0 Å². The molecule has 0 saturated heterocycles. The van der Waals surface area contributed by atoms with E-state index in [1.54, 1.807) is 7.11 Å². The SMILES string of the molecule is CC(C)Nc1ccc(NC=O)cc1.COC1=CC(c2cc3ccccc3n2C)=N/C1=C\c1[nH]c(C)cc1C. The molecule has 1 aliphatic heterocycles. The summed E-state index contributed by atoms with van der Waals surface area (Å²) in [5.41, 5.74) is 9.32. The molecule has 0 fully saturated rings. The predicted octanol–water partition coefficient (Wildman–Crippen LogP) is 6.57. The topological polar surface area (TPSA) is 83.4 Å². The fourth-order valence-corrected chi connectivity index (χ4v) is 4.45. The van der Waals surface area contributed by atoms with Crippen LogP contribution in [0.15, 0.2) is 83.2 Å². The first-order valence-electron chi connectivity index (χ1n) is 12.6. The van der Waals surface area contributed by atoms with Gasteiger partial charge in [-0.25, -0.2) is 4.99 Å². The van der Waals surface area contributed by atoms with Gasteiger partial charge in [0.1, 0.15) is 11.5 Å². The number of aryl methyl sites for hydroxylation is 3. The lowest BCUT2D eigenvalue weighted by Crippen LogP contribution is -2.09. The fraction of sp³-hybridized carbons (Fsp3) is 0.226. The Morgan fingerprint density at radius 3 is 2.34 bits per heavy atom. The number of carbonyl (C=O) groups is 1. The number of ether oxygens (including phenoxy) is 1. The molecule has 1 amide bonds. The van der Waals surface area contributed by atoms with Gasteiger partial charge < -0.3 is 24.9 Å². The number of nitrogens with zero attached hydrogens (tertiary/aromatic N) is 2. The van der Waals surface area contributed by atoms with Crippen LogP contribution in [0.1, 0.15) is 36.5 Å². The Morgan fingerprint density at radius 2 is 1.74 bits per heavy atom. The zero-order valence-corrected chi connectivity index (χ0v) is 22.8. The molecule has 0 atom stereocenters. The molecule has 38 heavy (non-hydrogen) atoms. The summed E-state index contributed by atoms with van der Waals surface area (Å²) in [6, 6.07) is 20.7. The molecular weight excluding hydrogens is 474 g/mol. The quantitative estimate of drug-likeness (QED) is 0.246. The molecule has 1 aliphatic rings. The number of para-hydroxylation sites is 1. The van der Waals surface area contributed by atoms with Crippen LogP contribution in [0.25, 0.3) is 17.0 Å². The van der Waals surface area contributed by atoms with E-state index >= 15 is 0 Å². The molecule has 0 bridgehead atoms. The third-order valence-corrected chi connectivity index (χ3v) is 6.23. The van der Waals surface area contributed by atoms with Crippen LogP contribution in [0.4, 0.5) is 11.4 Å². The Balaban J connectivity index is 0.000000219. The van der Waals surface area contributed by atoms with Crippen LogP contribution in [0.3, 0.4) is 0 Å². The van der Waals surface area contributed by atoms with Crippen LogP contribution in [0.2, 0.25) is 0 Å². The average Bonchev–Trinajstić information content (AvgIpc) is 3.55. The number of benzene rings is 2. The minimum atomic E-state index is 0.421. The minimum Gasteiger partial charge on any atom is -0.494 e. The van der Waals surface area contributed by atoms with E-state index in [1.807, 2.05) is 36.4 Å². The van der Waals surface area contributed by atoms with Gasteiger partial charge in [-0.1, -0.05) is 18.2 Å². The summed E-state index contributed by atoms with van der Waals surface area (Å²) >= 11 is 0. The van der Waals surface area contributed by atoms with Crippen molar-refractivity contribution in [2.24, 2.45) is 12.0 Å². The Bertz CT molecular complexity index is 1520. The van der Waals surface area contributed by atoms with Gasteiger partial charge >= 0.3 is 0 Å². The van der Waals surface area contributed by atoms with E-state index in [0.29, 0.717) is 12.5 Å². The number of aromatic nitrogens is 2. The van der Waals surface area contributed by atoms with Crippen LogP contribution in [0.5, 0.6) is 0 Å². The van der Waals surface area contributed by atoms with Crippen LogP contribution in [-0.2, 0) is 16.6 Å². The maximum atomic E-state index is 10.1. The zero-order valence-electron chi connectivity index (χ0n) is 22.8. The number of rotatable bonds is 7. The minimum absolute atomic E-state index is 0.421. The molecule has 3 N–H and O–H groups in total. The van der Waals surface area contributed by atoms with Gasteiger partial charge in [0.15, 0.2) is 0 Å². The summed E-state index contributed by atoms with van der Waals surface area (Å²) in [6.07, 6.45) is 4.73. The smallest absolute Gasteiger partial charge is 0.211 e. The first kappa shape index (κ1) is 26.5. The molecule has 5 rings (SSSR count). The highest BCUT2D eigenvalue weighted by Crippen LogP contribution is 2.28. The molecule has 0 aliphatic carbocycles. The number of aromatic amines is 1. The van der Waals surface area contributed by atoms with Gasteiger partial charge in [-0.3, -0.25) is 4.79 Å². The summed E-state index contributed by atoms with van der Waals surface area (Å²) in [5, 5.41) is 7.05. The van der Waals surface area contributed by atoms with E-state index in [1.165, 1.54) is 16.5 Å². The number of amides is 1. The van der Waals surface area contributed by atoms with Crippen molar-refractivity contribution < 1.29 is 9.53 Å². The summed E-state index contributed by atoms with van der Waals surface area (Å²) in [7, 11) is 3.76. The highest BCUT2D eigenvalue weighted by molar-refractivity contribution is 6.13. The third kappa shape index (κ3) is 6.06. The average molecular weight is 510 g/mol. The van der Waals surface area contributed by atoms with Gasteiger partial charge in [-0.2, -0.15) is 0 Å². The first-order chi connectivity index (χ1) is 18.3. The molecule has 0 unspecified atom stereocenters. The van der Waals surface area contributed by atoms with Gasteiger partial charge in [0.05, 0.1) is 18.5 Å². The molecule has 0 spiro atoms. The number of hydrogen-bond donors (Lipinski definition) is 3. The van der Waals surface area contributed by atoms with Crippen molar-refractivity contribution in [3.05, 3.63) is 101 Å². The van der Waals surface area contributed by atoms with Crippen LogP contribution in [0, 0.1) is 13.8 Å². The monoisotopic (exact) mass is 509 g/mol. The van der Waals surface area contributed by atoms with Crippen molar-refractivity contribution in [1.82, 2.24) is 9.55 Å². The number of anilines is 2. The van der Waals surface area contributed by atoms with Gasteiger partial charge in [-0.15, -0.1) is 0 Å².